The van der Waals surface area contributed by atoms with Gasteiger partial charge in [-0.2, -0.15) is 4.65 Å². The highest BCUT2D eigenvalue weighted by molar-refractivity contribution is 5.91. The summed E-state index contributed by atoms with van der Waals surface area (Å²) < 4.78 is 12.0. The Morgan fingerprint density at radius 1 is 1.30 bits per heavy atom. The molecule has 1 unspecified atom stereocenters. The van der Waals surface area contributed by atoms with Gasteiger partial charge in [0.1, 0.15) is 24.4 Å². The zero-order valence-electron chi connectivity index (χ0n) is 19.9. The number of hydroxylamine groups is 3. The molecule has 33 heavy (non-hydrogen) atoms. The minimum atomic E-state index is -0.182. The van der Waals surface area contributed by atoms with Crippen molar-refractivity contribution in [3.05, 3.63) is 59.1 Å². The molecule has 6 nitrogen and oxygen atoms in total. The second kappa shape index (κ2) is 6.73. The van der Waals surface area contributed by atoms with Crippen LogP contribution in [0.2, 0.25) is 0 Å². The van der Waals surface area contributed by atoms with E-state index in [1.807, 2.05) is 25.1 Å². The second-order valence-corrected chi connectivity index (χ2v) is 11.0. The number of quaternary nitrogens is 1. The third-order valence-electron chi connectivity index (χ3n) is 9.53. The fraction of sp³-hybridized carbons (Fsp3) is 0.519. The number of nitrogens with zero attached hydrogens (tertiary/aromatic N) is 2. The second-order valence-electron chi connectivity index (χ2n) is 11.0. The molecule has 6 atom stereocenters. The molecule has 6 rings (SSSR count). The Labute approximate surface area is 195 Å². The van der Waals surface area contributed by atoms with Gasteiger partial charge in [0.2, 0.25) is 5.91 Å². The number of aryl methyl sites for hydroxylation is 1. The summed E-state index contributed by atoms with van der Waals surface area (Å²) in [6, 6.07) is 6.34. The number of hydrogen-bond acceptors (Lipinski definition) is 4. The maximum absolute atomic E-state index is 13.2. The van der Waals surface area contributed by atoms with Crippen molar-refractivity contribution in [3.63, 3.8) is 0 Å². The molecule has 1 spiro atoms. The van der Waals surface area contributed by atoms with E-state index in [9.17, 15) is 10.0 Å². The number of hydrogen-bond donors (Lipinski definition) is 1. The van der Waals surface area contributed by atoms with E-state index in [1.54, 1.807) is 24.7 Å². The Balaban J connectivity index is 1.43. The standard InChI is InChI=1S/C27H33N2O4/c1-17-5-7-19-15-21-26(2)11-9-20(28(3)22(30)8-6-18-10-14-32-16-18)25-27(26,12-13-29(21,4)31)23(19)24(17)33-25/h5-8,10,14,16,20-21,25,31H,9,11-13,15H2,1-4H3/q+1/b8-6+/t20-,21+,25-,26-,27-,29?/m0/s1. The first-order valence-corrected chi connectivity index (χ1v) is 12.0. The van der Waals surface area contributed by atoms with Crippen LogP contribution in [0.3, 0.4) is 0 Å². The highest BCUT2D eigenvalue weighted by Gasteiger charge is 2.75. The number of carbonyl (C=O) groups excluding carboxylic acids is 1. The summed E-state index contributed by atoms with van der Waals surface area (Å²) in [6.07, 6.45) is 10.1. The van der Waals surface area contributed by atoms with Gasteiger partial charge in [0.05, 0.1) is 31.0 Å². The summed E-state index contributed by atoms with van der Waals surface area (Å²) in [7, 11) is 3.87. The average Bonchev–Trinajstić information content (AvgIpc) is 3.42. The van der Waals surface area contributed by atoms with Crippen LogP contribution in [-0.2, 0) is 16.6 Å². The molecule has 3 heterocycles. The predicted octanol–water partition coefficient (Wildman–Crippen LogP) is 4.09. The van der Waals surface area contributed by atoms with Gasteiger partial charge in [0.15, 0.2) is 0 Å². The van der Waals surface area contributed by atoms with Gasteiger partial charge in [-0.1, -0.05) is 19.1 Å². The van der Waals surface area contributed by atoms with E-state index >= 15 is 0 Å². The van der Waals surface area contributed by atoms with Crippen LogP contribution < -0.4 is 4.74 Å². The molecular formula is C27H33N2O4+. The largest absolute Gasteiger partial charge is 0.487 e. The Bertz CT molecular complexity index is 1150. The lowest BCUT2D eigenvalue weighted by molar-refractivity contribution is -1.12. The summed E-state index contributed by atoms with van der Waals surface area (Å²) in [6.45, 7) is 5.20. The lowest BCUT2D eigenvalue weighted by Gasteiger charge is -2.65. The number of likely N-dealkylation sites (tertiary alicyclic amines) is 1. The number of furan rings is 1. The number of rotatable bonds is 3. The van der Waals surface area contributed by atoms with Crippen LogP contribution in [0.4, 0.5) is 0 Å². The van der Waals surface area contributed by atoms with Crippen LogP contribution in [0.15, 0.2) is 41.2 Å². The van der Waals surface area contributed by atoms with Gasteiger partial charge in [-0.15, -0.1) is 0 Å². The molecule has 1 aromatic carbocycles. The molecule has 1 saturated heterocycles. The third-order valence-corrected chi connectivity index (χ3v) is 9.53. The summed E-state index contributed by atoms with van der Waals surface area (Å²) in [4.78, 5) is 15.1. The maximum atomic E-state index is 13.2. The highest BCUT2D eigenvalue weighted by atomic mass is 16.5. The van der Waals surface area contributed by atoms with Crippen LogP contribution in [0.25, 0.3) is 6.08 Å². The van der Waals surface area contributed by atoms with E-state index in [-0.39, 0.29) is 39.6 Å². The molecule has 2 aromatic rings. The Hall–Kier alpha value is -2.57. The van der Waals surface area contributed by atoms with Crippen molar-refractivity contribution >= 4 is 12.0 Å². The Morgan fingerprint density at radius 2 is 2.12 bits per heavy atom. The van der Waals surface area contributed by atoms with Gasteiger partial charge in [-0.25, -0.2) is 5.21 Å². The number of ether oxygens (including phenoxy) is 1. The minimum absolute atomic E-state index is 0.0199. The molecule has 4 aliphatic rings. The molecule has 2 aliphatic carbocycles. The zero-order chi connectivity index (χ0) is 23.2. The lowest BCUT2D eigenvalue weighted by atomic mass is 9.43. The van der Waals surface area contributed by atoms with Gasteiger partial charge >= 0.3 is 0 Å². The highest BCUT2D eigenvalue weighted by Crippen LogP contribution is 2.69. The molecule has 0 radical (unpaired) electrons. The van der Waals surface area contributed by atoms with Crippen molar-refractivity contribution in [2.24, 2.45) is 5.41 Å². The smallest absolute Gasteiger partial charge is 0.246 e. The number of likely N-dealkylation sites (N-methyl/N-ethyl adjacent to an activating group) is 2. The van der Waals surface area contributed by atoms with E-state index in [0.29, 0.717) is 6.54 Å². The summed E-state index contributed by atoms with van der Waals surface area (Å²) in [5.41, 5.74) is 4.45. The Morgan fingerprint density at radius 3 is 2.88 bits per heavy atom. The van der Waals surface area contributed by atoms with E-state index < -0.39 is 0 Å². The fourth-order valence-electron chi connectivity index (χ4n) is 7.78. The summed E-state index contributed by atoms with van der Waals surface area (Å²) in [5.74, 6) is 1.00. The molecule has 1 saturated carbocycles. The van der Waals surface area contributed by atoms with Crippen molar-refractivity contribution in [3.8, 4) is 5.75 Å². The fourth-order valence-corrected chi connectivity index (χ4v) is 7.78. The number of piperidine rings is 1. The monoisotopic (exact) mass is 449 g/mol. The van der Waals surface area contributed by atoms with Crippen molar-refractivity contribution < 1.29 is 23.8 Å². The van der Waals surface area contributed by atoms with Crippen molar-refractivity contribution in [2.45, 2.75) is 63.1 Å². The first kappa shape index (κ1) is 21.0. The molecule has 2 aliphatic heterocycles. The quantitative estimate of drug-likeness (QED) is 0.566. The van der Waals surface area contributed by atoms with Crippen molar-refractivity contribution in [1.82, 2.24) is 4.90 Å². The van der Waals surface area contributed by atoms with Gasteiger partial charge in [0, 0.05) is 42.5 Å². The van der Waals surface area contributed by atoms with Gasteiger partial charge in [0.25, 0.3) is 0 Å². The molecule has 1 aromatic heterocycles. The number of amides is 1. The minimum Gasteiger partial charge on any atom is -0.487 e. The van der Waals surface area contributed by atoms with Crippen LogP contribution in [0.1, 0.15) is 48.4 Å². The van der Waals surface area contributed by atoms with Crippen molar-refractivity contribution in [2.75, 3.05) is 20.6 Å². The molecule has 174 valence electrons. The van der Waals surface area contributed by atoms with E-state index in [0.717, 1.165) is 42.6 Å². The van der Waals surface area contributed by atoms with Crippen LogP contribution >= 0.6 is 0 Å². The normalized spacial score (nSPS) is 38.2. The van der Waals surface area contributed by atoms with E-state index in [4.69, 9.17) is 9.15 Å². The number of carbonyl (C=O) groups is 1. The molecule has 1 N–H and O–H groups in total. The zero-order valence-corrected chi connectivity index (χ0v) is 19.9. The topological polar surface area (TPSA) is 62.9 Å². The summed E-state index contributed by atoms with van der Waals surface area (Å²) >= 11 is 0. The molecule has 2 bridgehead atoms. The first-order valence-electron chi connectivity index (χ1n) is 12.0. The summed E-state index contributed by atoms with van der Waals surface area (Å²) in [5, 5.41) is 11.4. The van der Waals surface area contributed by atoms with E-state index in [1.165, 1.54) is 11.1 Å². The molecule has 6 heteroatoms. The number of benzene rings is 1. The Kier molecular flexibility index (Phi) is 4.29. The molecule has 2 fully saturated rings. The van der Waals surface area contributed by atoms with Gasteiger partial charge in [-0.3, -0.25) is 4.79 Å². The molecular weight excluding hydrogens is 416 g/mol. The average molecular weight is 450 g/mol. The van der Waals surface area contributed by atoms with Crippen LogP contribution in [0.5, 0.6) is 5.75 Å². The van der Waals surface area contributed by atoms with Gasteiger partial charge in [-0.05, 0) is 43.0 Å². The van der Waals surface area contributed by atoms with Crippen molar-refractivity contribution in [1.29, 1.82) is 0 Å². The van der Waals surface area contributed by atoms with Crippen LogP contribution in [-0.4, -0.2) is 59.5 Å². The van der Waals surface area contributed by atoms with Gasteiger partial charge < -0.3 is 14.1 Å². The van der Waals surface area contributed by atoms with Crippen LogP contribution in [0, 0.1) is 12.3 Å². The predicted molar refractivity (Wildman–Crippen MR) is 124 cm³/mol. The van der Waals surface area contributed by atoms with E-state index in [2.05, 4.69) is 26.0 Å². The maximum Gasteiger partial charge on any atom is 0.246 e. The SMILES string of the molecule is Cc1ccc2c3c1O[C@H]1[C@@H](N(C)C(=O)/C=C/c4ccoc4)CC[C@@]4(C)[C@@H](C2)[N+](C)(O)CC[C@]314. The first-order chi connectivity index (χ1) is 15.7. The lowest BCUT2D eigenvalue weighted by Crippen LogP contribution is -2.76. The molecule has 1 amide bonds. The third kappa shape index (κ3) is 2.59.